The van der Waals surface area contributed by atoms with Gasteiger partial charge in [0, 0.05) is 24.1 Å². The maximum Gasteiger partial charge on any atom is 0.214 e. The van der Waals surface area contributed by atoms with E-state index in [9.17, 15) is 0 Å². The molecule has 2 N–H and O–H groups in total. The number of aliphatic imine (C=N–C) groups is 1. The summed E-state index contributed by atoms with van der Waals surface area (Å²) in [6.45, 7) is 7.19. The van der Waals surface area contributed by atoms with Crippen molar-refractivity contribution in [3.8, 4) is 17.1 Å². The highest BCUT2D eigenvalue weighted by atomic mass is 16.5. The zero-order valence-electron chi connectivity index (χ0n) is 18.6. The number of nitrogens with one attached hydrogen (secondary N) is 2. The van der Waals surface area contributed by atoms with Gasteiger partial charge in [-0.2, -0.15) is 0 Å². The van der Waals surface area contributed by atoms with E-state index >= 15 is 0 Å². The van der Waals surface area contributed by atoms with E-state index < -0.39 is 0 Å². The van der Waals surface area contributed by atoms with Gasteiger partial charge in [0.2, 0.25) is 5.89 Å². The lowest BCUT2D eigenvalue weighted by atomic mass is 10.1. The Morgan fingerprint density at radius 3 is 2.84 bits per heavy atom. The third-order valence-electron chi connectivity index (χ3n) is 5.17. The van der Waals surface area contributed by atoms with E-state index in [0.717, 1.165) is 47.8 Å². The Balaban J connectivity index is 1.41. The molecule has 7 heteroatoms. The van der Waals surface area contributed by atoms with E-state index in [-0.39, 0.29) is 6.10 Å². The number of benzene rings is 2. The largest absolute Gasteiger partial charge is 0.488 e. The first-order chi connectivity index (χ1) is 15.7. The van der Waals surface area contributed by atoms with Gasteiger partial charge in [0.1, 0.15) is 11.9 Å². The molecule has 7 nitrogen and oxygen atoms in total. The minimum Gasteiger partial charge on any atom is -0.488 e. The number of hydrogen-bond donors (Lipinski definition) is 2. The van der Waals surface area contributed by atoms with Crippen molar-refractivity contribution in [1.82, 2.24) is 15.6 Å². The highest BCUT2D eigenvalue weighted by molar-refractivity contribution is 5.79. The molecule has 1 saturated heterocycles. The molecular formula is C25H30N4O3. The van der Waals surface area contributed by atoms with Crippen LogP contribution in [0, 0.1) is 6.92 Å². The summed E-state index contributed by atoms with van der Waals surface area (Å²) >= 11 is 0. The topological polar surface area (TPSA) is 80.9 Å². The summed E-state index contributed by atoms with van der Waals surface area (Å²) in [4.78, 5) is 9.12. The third kappa shape index (κ3) is 5.88. The monoisotopic (exact) mass is 434 g/mol. The van der Waals surface area contributed by atoms with Crippen LogP contribution in [0.15, 0.2) is 64.1 Å². The predicted molar refractivity (Wildman–Crippen MR) is 125 cm³/mol. The Morgan fingerprint density at radius 2 is 2.06 bits per heavy atom. The molecule has 1 aromatic heterocycles. The van der Waals surface area contributed by atoms with Gasteiger partial charge in [0.15, 0.2) is 11.7 Å². The van der Waals surface area contributed by atoms with Gasteiger partial charge in [-0.3, -0.25) is 0 Å². The van der Waals surface area contributed by atoms with Crippen molar-refractivity contribution in [2.24, 2.45) is 4.99 Å². The Hall–Kier alpha value is -3.32. The summed E-state index contributed by atoms with van der Waals surface area (Å²) in [5.41, 5.74) is 3.21. The van der Waals surface area contributed by atoms with Crippen molar-refractivity contribution < 1.29 is 13.9 Å². The number of rotatable bonds is 8. The normalized spacial score (nSPS) is 16.2. The molecule has 2 aromatic carbocycles. The van der Waals surface area contributed by atoms with Crippen molar-refractivity contribution in [3.05, 3.63) is 71.7 Å². The van der Waals surface area contributed by atoms with Crippen LogP contribution in [0.25, 0.3) is 11.3 Å². The van der Waals surface area contributed by atoms with Crippen LogP contribution >= 0.6 is 0 Å². The molecule has 168 valence electrons. The molecule has 0 saturated carbocycles. The van der Waals surface area contributed by atoms with Gasteiger partial charge < -0.3 is 24.5 Å². The first-order valence-corrected chi connectivity index (χ1v) is 11.1. The summed E-state index contributed by atoms with van der Waals surface area (Å²) < 4.78 is 17.5. The number of oxazole rings is 1. The number of aromatic nitrogens is 1. The van der Waals surface area contributed by atoms with Gasteiger partial charge in [0.05, 0.1) is 32.5 Å². The Morgan fingerprint density at radius 1 is 1.19 bits per heavy atom. The van der Waals surface area contributed by atoms with E-state index in [0.29, 0.717) is 31.5 Å². The smallest absolute Gasteiger partial charge is 0.214 e. The van der Waals surface area contributed by atoms with Crippen LogP contribution in [-0.2, 0) is 17.8 Å². The van der Waals surface area contributed by atoms with Crippen LogP contribution in [0.2, 0.25) is 0 Å². The fraction of sp³-hybridized carbons (Fsp3) is 0.360. The molecule has 4 rings (SSSR count). The van der Waals surface area contributed by atoms with Crippen molar-refractivity contribution >= 4 is 5.96 Å². The summed E-state index contributed by atoms with van der Waals surface area (Å²) in [7, 11) is 0. The molecule has 0 bridgehead atoms. The van der Waals surface area contributed by atoms with E-state index in [1.54, 1.807) is 6.20 Å². The second kappa shape index (κ2) is 10.8. The van der Waals surface area contributed by atoms with Crippen LogP contribution in [-0.4, -0.2) is 36.8 Å². The molecule has 1 aliphatic heterocycles. The van der Waals surface area contributed by atoms with Crippen LogP contribution in [0.5, 0.6) is 5.75 Å². The quantitative estimate of drug-likeness (QED) is 0.411. The zero-order valence-corrected chi connectivity index (χ0v) is 18.6. The van der Waals surface area contributed by atoms with Gasteiger partial charge in [0.25, 0.3) is 0 Å². The lowest BCUT2D eigenvalue weighted by Gasteiger charge is -2.16. The summed E-state index contributed by atoms with van der Waals surface area (Å²) in [6.07, 6.45) is 2.77. The van der Waals surface area contributed by atoms with E-state index in [1.807, 2.05) is 37.3 Å². The lowest BCUT2D eigenvalue weighted by molar-refractivity contribution is 0.140. The molecule has 2 heterocycles. The molecule has 1 unspecified atom stereocenters. The number of ether oxygens (including phenoxy) is 2. The van der Waals surface area contributed by atoms with Crippen LogP contribution in [0.4, 0.5) is 0 Å². The summed E-state index contributed by atoms with van der Waals surface area (Å²) in [6, 6.07) is 16.2. The van der Waals surface area contributed by atoms with Crippen LogP contribution in [0.3, 0.4) is 0 Å². The summed E-state index contributed by atoms with van der Waals surface area (Å²) in [5, 5.41) is 6.57. The van der Waals surface area contributed by atoms with Crippen molar-refractivity contribution in [2.75, 3.05) is 19.8 Å². The lowest BCUT2D eigenvalue weighted by Crippen LogP contribution is -2.36. The maximum absolute atomic E-state index is 6.19. The Labute approximate surface area is 188 Å². The SMILES string of the molecule is CCNC(=NCc1ccc(C)cc1OC1CCOC1)NCc1ncc(-c2ccccc2)o1. The van der Waals surface area contributed by atoms with E-state index in [4.69, 9.17) is 18.9 Å². The molecular weight excluding hydrogens is 404 g/mol. The number of aryl methyl sites for hydroxylation is 1. The molecule has 3 aromatic rings. The molecule has 1 atom stereocenters. The van der Waals surface area contributed by atoms with Gasteiger partial charge in [-0.05, 0) is 25.5 Å². The Kier molecular flexibility index (Phi) is 7.40. The predicted octanol–water partition coefficient (Wildman–Crippen LogP) is 4.07. The number of nitrogens with zero attached hydrogens (tertiary/aromatic N) is 2. The second-order valence-corrected chi connectivity index (χ2v) is 7.75. The fourth-order valence-corrected chi connectivity index (χ4v) is 3.48. The number of hydrogen-bond acceptors (Lipinski definition) is 5. The van der Waals surface area contributed by atoms with Crippen molar-refractivity contribution in [2.45, 2.75) is 39.5 Å². The van der Waals surface area contributed by atoms with Gasteiger partial charge in [-0.1, -0.05) is 42.5 Å². The minimum absolute atomic E-state index is 0.106. The third-order valence-corrected chi connectivity index (χ3v) is 5.17. The van der Waals surface area contributed by atoms with Crippen molar-refractivity contribution in [1.29, 1.82) is 0 Å². The van der Waals surface area contributed by atoms with Crippen LogP contribution < -0.4 is 15.4 Å². The first-order valence-electron chi connectivity index (χ1n) is 11.1. The standard InChI is InChI=1S/C25H30N4O3/c1-3-26-25(29-16-24-27-15-23(32-24)19-7-5-4-6-8-19)28-14-20-10-9-18(2)13-22(20)31-21-11-12-30-17-21/h4-10,13,15,21H,3,11-12,14,16-17H2,1-2H3,(H2,26,28,29). The maximum atomic E-state index is 6.19. The Bertz CT molecular complexity index is 1030. The van der Waals surface area contributed by atoms with Gasteiger partial charge >= 0.3 is 0 Å². The molecule has 0 aliphatic carbocycles. The molecule has 1 aliphatic rings. The van der Waals surface area contributed by atoms with Crippen LogP contribution in [0.1, 0.15) is 30.4 Å². The van der Waals surface area contributed by atoms with Crippen molar-refractivity contribution in [3.63, 3.8) is 0 Å². The molecule has 32 heavy (non-hydrogen) atoms. The number of guanidine groups is 1. The van der Waals surface area contributed by atoms with E-state index in [1.165, 1.54) is 0 Å². The van der Waals surface area contributed by atoms with Gasteiger partial charge in [-0.25, -0.2) is 9.98 Å². The fourth-order valence-electron chi connectivity index (χ4n) is 3.48. The first kappa shape index (κ1) is 21.9. The molecule has 0 spiro atoms. The minimum atomic E-state index is 0.106. The van der Waals surface area contributed by atoms with Gasteiger partial charge in [-0.15, -0.1) is 0 Å². The molecule has 0 amide bonds. The second-order valence-electron chi connectivity index (χ2n) is 7.75. The summed E-state index contributed by atoms with van der Waals surface area (Å²) in [5.74, 6) is 2.93. The highest BCUT2D eigenvalue weighted by Crippen LogP contribution is 2.24. The highest BCUT2D eigenvalue weighted by Gasteiger charge is 2.18. The average Bonchev–Trinajstić information content (AvgIpc) is 3.50. The molecule has 1 fully saturated rings. The van der Waals surface area contributed by atoms with E-state index in [2.05, 4.69) is 40.7 Å². The molecule has 0 radical (unpaired) electrons. The average molecular weight is 435 g/mol. The zero-order chi connectivity index (χ0) is 22.2.